The van der Waals surface area contributed by atoms with Crippen LogP contribution in [0.15, 0.2) is 97.2 Å². The van der Waals surface area contributed by atoms with Crippen LogP contribution < -0.4 is 5.32 Å². The molecule has 88 heavy (non-hydrogen) atoms. The van der Waals surface area contributed by atoms with Crippen LogP contribution in [0, 0.1) is 0 Å². The molecule has 3 atom stereocenters. The predicted molar refractivity (Wildman–Crippen MR) is 387 cm³/mol. The second-order valence-corrected chi connectivity index (χ2v) is 28.1. The molecule has 0 aromatic heterocycles. The Morgan fingerprint density at radius 1 is 0.398 bits per heavy atom. The Morgan fingerprint density at radius 3 is 1.05 bits per heavy atom. The topological polar surface area (TPSA) is 105 Å². The molecule has 0 rings (SSSR count). The summed E-state index contributed by atoms with van der Waals surface area (Å²) in [6, 6.07) is -0.869. The van der Waals surface area contributed by atoms with Gasteiger partial charge in [-0.15, -0.1) is 0 Å². The second-order valence-electron chi connectivity index (χ2n) is 26.6. The van der Waals surface area contributed by atoms with E-state index in [4.69, 9.17) is 9.05 Å². The molecular formula is C79H146N2O6P+. The minimum atomic E-state index is -4.37. The summed E-state index contributed by atoms with van der Waals surface area (Å²) >= 11 is 0. The maximum absolute atomic E-state index is 13.1. The molecule has 0 aromatic rings. The lowest BCUT2D eigenvalue weighted by atomic mass is 10.0. The fourth-order valence-electron chi connectivity index (χ4n) is 11.0. The Balaban J connectivity index is 4.05. The van der Waals surface area contributed by atoms with Gasteiger partial charge in [-0.05, 0) is 83.5 Å². The van der Waals surface area contributed by atoms with Gasteiger partial charge in [-0.2, -0.15) is 0 Å². The van der Waals surface area contributed by atoms with Crippen LogP contribution in [-0.2, 0) is 18.4 Å². The van der Waals surface area contributed by atoms with Gasteiger partial charge in [0.2, 0.25) is 5.91 Å². The van der Waals surface area contributed by atoms with E-state index in [0.29, 0.717) is 17.4 Å². The SMILES string of the molecule is CC/C=C\C/C=C\C/C=C\C/C=C\C/C=C\C/C=C\CCCCCCCCCCCCCCCCCCCCC(=O)NC(COP(=O)(O)OCC[N+](C)(C)C)C(O)/C=C/CC/C=C/CCCCCCCCCCCCCCCCCCCCCCCCC. The molecule has 1 amide bonds. The summed E-state index contributed by atoms with van der Waals surface area (Å²) in [5.41, 5.74) is 0. The highest BCUT2D eigenvalue weighted by atomic mass is 31.2. The number of phosphoric ester groups is 1. The van der Waals surface area contributed by atoms with Gasteiger partial charge in [0.05, 0.1) is 39.9 Å². The van der Waals surface area contributed by atoms with E-state index in [1.165, 1.54) is 250 Å². The standard InChI is InChI=1S/C79H145N2O6P/c1-6-8-10-12-14-16-18-20-22-24-26-28-30-32-34-36-37-38-39-40-41-42-43-45-47-49-51-53-55-57-59-61-63-65-67-69-71-73-79(83)80-77(76-87-88(84,85)86-75-74-81(3,4)5)78(82)72-70-68-66-64-62-60-58-56-54-52-50-48-46-44-35-33-31-29-27-25-23-21-19-17-15-13-11-9-7-2/h8,10,14,16,20,22,26,28,32,34,37-38,62,64,70,72,77-78,82H,6-7,9,11-13,15,17-19,21,23-25,27,29-31,33,35-36,39-61,63,65-69,71,73-76H2,1-5H3,(H-,80,83,84,85)/p+1/b10-8-,16-14-,22-20-,28-26-,34-32-,38-37-,64-62+,72-70+. The first kappa shape index (κ1) is 85.4. The molecule has 512 valence electrons. The smallest absolute Gasteiger partial charge is 0.387 e. The highest BCUT2D eigenvalue weighted by Crippen LogP contribution is 2.43. The quantitative estimate of drug-likeness (QED) is 0.0243. The third kappa shape index (κ3) is 70.9. The van der Waals surface area contributed by atoms with Gasteiger partial charge in [0.25, 0.3) is 0 Å². The number of hydrogen-bond acceptors (Lipinski definition) is 5. The van der Waals surface area contributed by atoms with Gasteiger partial charge in [-0.25, -0.2) is 4.57 Å². The minimum absolute atomic E-state index is 0.0546. The van der Waals surface area contributed by atoms with Crippen molar-refractivity contribution >= 4 is 13.7 Å². The summed E-state index contributed by atoms with van der Waals surface area (Å²) in [5.74, 6) is -0.184. The molecule has 0 spiro atoms. The summed E-state index contributed by atoms with van der Waals surface area (Å²) in [6.07, 6.45) is 100. The molecule has 0 aliphatic carbocycles. The van der Waals surface area contributed by atoms with Crippen molar-refractivity contribution in [1.29, 1.82) is 0 Å². The van der Waals surface area contributed by atoms with Crippen molar-refractivity contribution in [2.75, 3.05) is 40.9 Å². The average molecular weight is 1250 g/mol. The van der Waals surface area contributed by atoms with Crippen molar-refractivity contribution in [2.24, 2.45) is 0 Å². The van der Waals surface area contributed by atoms with Crippen molar-refractivity contribution in [3.8, 4) is 0 Å². The van der Waals surface area contributed by atoms with Gasteiger partial charge in [0.1, 0.15) is 13.2 Å². The average Bonchev–Trinajstić information content (AvgIpc) is 3.70. The molecule has 0 aliphatic rings. The Hall–Kier alpha value is -2.58. The number of nitrogens with one attached hydrogen (secondary N) is 1. The number of aliphatic hydroxyl groups is 1. The number of amides is 1. The van der Waals surface area contributed by atoms with Gasteiger partial charge in [-0.1, -0.05) is 355 Å². The maximum Gasteiger partial charge on any atom is 0.472 e. The molecular weight excluding hydrogens is 1100 g/mol. The molecule has 0 radical (unpaired) electrons. The Bertz CT molecular complexity index is 1760. The fourth-order valence-corrected chi connectivity index (χ4v) is 11.7. The molecule has 0 saturated carbocycles. The molecule has 9 heteroatoms. The summed E-state index contributed by atoms with van der Waals surface area (Å²) < 4.78 is 23.8. The third-order valence-corrected chi connectivity index (χ3v) is 17.8. The number of hydrogen-bond donors (Lipinski definition) is 3. The molecule has 0 saturated heterocycles. The number of nitrogens with zero attached hydrogens (tertiary/aromatic N) is 1. The number of phosphoric acid groups is 1. The first-order chi connectivity index (χ1) is 43.0. The number of allylic oxidation sites excluding steroid dienone is 15. The number of quaternary nitrogens is 1. The molecule has 3 N–H and O–H groups in total. The Morgan fingerprint density at radius 2 is 0.693 bits per heavy atom. The van der Waals surface area contributed by atoms with Crippen molar-refractivity contribution in [1.82, 2.24) is 5.32 Å². The van der Waals surface area contributed by atoms with E-state index in [2.05, 4.69) is 104 Å². The zero-order chi connectivity index (χ0) is 64.1. The molecule has 8 nitrogen and oxygen atoms in total. The van der Waals surface area contributed by atoms with Gasteiger partial charge in [0.15, 0.2) is 0 Å². The number of carbonyl (C=O) groups excluding carboxylic acids is 1. The van der Waals surface area contributed by atoms with E-state index in [1.807, 2.05) is 27.2 Å². The molecule has 3 unspecified atom stereocenters. The molecule has 0 fully saturated rings. The van der Waals surface area contributed by atoms with E-state index in [-0.39, 0.29) is 19.1 Å². The van der Waals surface area contributed by atoms with E-state index in [1.54, 1.807) is 6.08 Å². The minimum Gasteiger partial charge on any atom is -0.387 e. The largest absolute Gasteiger partial charge is 0.472 e. The van der Waals surface area contributed by atoms with E-state index < -0.39 is 20.0 Å². The van der Waals surface area contributed by atoms with Crippen LogP contribution in [-0.4, -0.2) is 73.4 Å². The number of likely N-dealkylation sites (N-methyl/N-ethyl adjacent to an activating group) is 1. The first-order valence-electron chi connectivity index (χ1n) is 37.6. The normalized spacial score (nSPS) is 14.1. The van der Waals surface area contributed by atoms with Crippen molar-refractivity contribution in [3.05, 3.63) is 97.2 Å². The molecule has 0 bridgehead atoms. The molecule has 0 heterocycles. The zero-order valence-electron chi connectivity index (χ0n) is 58.7. The van der Waals surface area contributed by atoms with Crippen LogP contribution in [0.3, 0.4) is 0 Å². The monoisotopic (exact) mass is 1250 g/mol. The molecule has 0 aliphatic heterocycles. The first-order valence-corrected chi connectivity index (χ1v) is 39.1. The summed E-state index contributed by atoms with van der Waals surface area (Å²) in [7, 11) is 1.56. The predicted octanol–water partition coefficient (Wildman–Crippen LogP) is 24.4. The number of unbranched alkanes of at least 4 members (excludes halogenated alkanes) is 42. The summed E-state index contributed by atoms with van der Waals surface area (Å²) in [6.45, 7) is 4.72. The fraction of sp³-hybridized carbons (Fsp3) is 0.785. The molecule has 0 aromatic carbocycles. The van der Waals surface area contributed by atoms with Gasteiger partial charge < -0.3 is 19.8 Å². The highest BCUT2D eigenvalue weighted by molar-refractivity contribution is 7.47. The van der Waals surface area contributed by atoms with Crippen LogP contribution >= 0.6 is 7.82 Å². The Labute approximate surface area is 547 Å². The van der Waals surface area contributed by atoms with Crippen molar-refractivity contribution in [2.45, 2.75) is 360 Å². The van der Waals surface area contributed by atoms with Crippen LogP contribution in [0.1, 0.15) is 348 Å². The van der Waals surface area contributed by atoms with Crippen LogP contribution in [0.25, 0.3) is 0 Å². The summed E-state index contributed by atoms with van der Waals surface area (Å²) in [5, 5.41) is 14.0. The lowest BCUT2D eigenvalue weighted by Gasteiger charge is -2.25. The highest BCUT2D eigenvalue weighted by Gasteiger charge is 2.28. The van der Waals surface area contributed by atoms with Crippen molar-refractivity contribution < 1.29 is 32.9 Å². The summed E-state index contributed by atoms with van der Waals surface area (Å²) in [4.78, 5) is 23.5. The number of rotatable bonds is 69. The third-order valence-electron chi connectivity index (χ3n) is 16.8. The van der Waals surface area contributed by atoms with Gasteiger partial charge >= 0.3 is 7.82 Å². The van der Waals surface area contributed by atoms with Crippen LogP contribution in [0.4, 0.5) is 0 Å². The Kier molecular flexibility index (Phi) is 66.8. The number of carbonyl (C=O) groups is 1. The van der Waals surface area contributed by atoms with Gasteiger partial charge in [0, 0.05) is 6.42 Å². The van der Waals surface area contributed by atoms with E-state index in [0.717, 1.165) is 77.0 Å². The van der Waals surface area contributed by atoms with Crippen LogP contribution in [0.5, 0.6) is 0 Å². The number of aliphatic hydroxyl groups excluding tert-OH is 1. The lowest BCUT2D eigenvalue weighted by molar-refractivity contribution is -0.870. The van der Waals surface area contributed by atoms with Crippen molar-refractivity contribution in [3.63, 3.8) is 0 Å². The van der Waals surface area contributed by atoms with Crippen LogP contribution in [0.2, 0.25) is 0 Å². The lowest BCUT2D eigenvalue weighted by Crippen LogP contribution is -2.45. The zero-order valence-corrected chi connectivity index (χ0v) is 59.6. The van der Waals surface area contributed by atoms with E-state index in [9.17, 15) is 19.4 Å². The second kappa shape index (κ2) is 68.8. The van der Waals surface area contributed by atoms with Gasteiger partial charge in [-0.3, -0.25) is 13.8 Å². The maximum atomic E-state index is 13.1. The van der Waals surface area contributed by atoms with E-state index >= 15 is 0 Å².